The van der Waals surface area contributed by atoms with Gasteiger partial charge in [-0.25, -0.2) is 9.18 Å². The van der Waals surface area contributed by atoms with E-state index in [9.17, 15) is 19.3 Å². The number of ether oxygens (including phenoxy) is 1. The number of nitro benzene ring substituents is 1. The Morgan fingerprint density at radius 1 is 1.45 bits per heavy atom. The van der Waals surface area contributed by atoms with Crippen LogP contribution in [-0.4, -0.2) is 22.7 Å². The second-order valence-corrected chi connectivity index (χ2v) is 5.34. The van der Waals surface area contributed by atoms with Gasteiger partial charge in [0.2, 0.25) is 0 Å². The maximum Gasteiger partial charge on any atom is 0.338 e. The molecule has 1 aromatic rings. The van der Waals surface area contributed by atoms with Crippen molar-refractivity contribution in [2.75, 3.05) is 0 Å². The molecule has 1 aliphatic rings. The van der Waals surface area contributed by atoms with Crippen LogP contribution in [0.25, 0.3) is 0 Å². The zero-order valence-electron chi connectivity index (χ0n) is 11.2. The van der Waals surface area contributed by atoms with Crippen LogP contribution in [0.3, 0.4) is 0 Å². The molecule has 2 rings (SSSR count). The number of carbonyl (C=O) groups excluding carboxylic acids is 1. The number of non-ortho nitro benzene ring substituents is 1. The number of rotatable bonds is 3. The highest BCUT2D eigenvalue weighted by atomic mass is 19.1. The molecule has 0 aromatic heterocycles. The quantitative estimate of drug-likeness (QED) is 0.483. The Labute approximate surface area is 115 Å². The molecule has 108 valence electrons. The lowest BCUT2D eigenvalue weighted by Crippen LogP contribution is -2.33. The van der Waals surface area contributed by atoms with Crippen LogP contribution in [0.5, 0.6) is 0 Å². The molecule has 1 aliphatic carbocycles. The van der Waals surface area contributed by atoms with Crippen molar-refractivity contribution in [1.82, 2.24) is 0 Å². The summed E-state index contributed by atoms with van der Waals surface area (Å²) < 4.78 is 19.1. The monoisotopic (exact) mass is 281 g/mol. The van der Waals surface area contributed by atoms with E-state index < -0.39 is 22.7 Å². The van der Waals surface area contributed by atoms with Gasteiger partial charge >= 0.3 is 5.97 Å². The Morgan fingerprint density at radius 2 is 2.10 bits per heavy atom. The zero-order valence-corrected chi connectivity index (χ0v) is 11.2. The first-order chi connectivity index (χ1) is 9.37. The lowest BCUT2D eigenvalue weighted by Gasteiger charge is -2.31. The van der Waals surface area contributed by atoms with Gasteiger partial charge in [0.1, 0.15) is 11.8 Å². The van der Waals surface area contributed by atoms with Gasteiger partial charge < -0.3 is 4.74 Å². The minimum atomic E-state index is -1.29. The molecule has 0 heterocycles. The number of nitro groups is 1. The number of esters is 1. The van der Waals surface area contributed by atoms with Crippen LogP contribution in [0, 0.1) is 10.1 Å². The molecule has 20 heavy (non-hydrogen) atoms. The SMILES string of the molecule is C[C@]1(F)CCC[C@H](OC(=O)c2ccc([N+](=O)[O-])cc2)C1. The van der Waals surface area contributed by atoms with E-state index in [1.165, 1.54) is 31.2 Å². The molecule has 0 unspecified atom stereocenters. The number of halogens is 1. The summed E-state index contributed by atoms with van der Waals surface area (Å²) >= 11 is 0. The summed E-state index contributed by atoms with van der Waals surface area (Å²) in [6.45, 7) is 1.51. The van der Waals surface area contributed by atoms with Crippen molar-refractivity contribution in [3.63, 3.8) is 0 Å². The first-order valence-corrected chi connectivity index (χ1v) is 6.52. The van der Waals surface area contributed by atoms with Gasteiger partial charge in [-0.05, 0) is 38.3 Å². The average Bonchev–Trinajstić information content (AvgIpc) is 2.37. The average molecular weight is 281 g/mol. The van der Waals surface area contributed by atoms with Crippen molar-refractivity contribution in [3.05, 3.63) is 39.9 Å². The number of nitrogens with zero attached hydrogens (tertiary/aromatic N) is 1. The Bertz CT molecular complexity index is 512. The van der Waals surface area contributed by atoms with Crippen LogP contribution in [0.1, 0.15) is 43.0 Å². The molecule has 6 heteroatoms. The number of benzene rings is 1. The molecule has 0 bridgehead atoms. The van der Waals surface area contributed by atoms with Gasteiger partial charge in [0.15, 0.2) is 0 Å². The van der Waals surface area contributed by atoms with Crippen LogP contribution in [0.15, 0.2) is 24.3 Å². The predicted octanol–water partition coefficient (Wildman–Crippen LogP) is 3.42. The molecular weight excluding hydrogens is 265 g/mol. The minimum Gasteiger partial charge on any atom is -0.459 e. The zero-order chi connectivity index (χ0) is 14.8. The van der Waals surface area contributed by atoms with Crippen LogP contribution in [0.2, 0.25) is 0 Å². The largest absolute Gasteiger partial charge is 0.459 e. The molecule has 1 aromatic carbocycles. The van der Waals surface area contributed by atoms with E-state index in [4.69, 9.17) is 4.74 Å². The lowest BCUT2D eigenvalue weighted by molar-refractivity contribution is -0.384. The van der Waals surface area contributed by atoms with E-state index >= 15 is 0 Å². The second-order valence-electron chi connectivity index (χ2n) is 5.34. The number of carbonyl (C=O) groups is 1. The third-order valence-corrected chi connectivity index (χ3v) is 3.46. The van der Waals surface area contributed by atoms with E-state index in [-0.39, 0.29) is 17.7 Å². The summed E-state index contributed by atoms with van der Waals surface area (Å²) in [6.07, 6.45) is 1.59. The maximum atomic E-state index is 13.8. The van der Waals surface area contributed by atoms with Crippen molar-refractivity contribution >= 4 is 11.7 Å². The lowest BCUT2D eigenvalue weighted by atomic mass is 9.86. The Kier molecular flexibility index (Phi) is 4.01. The molecule has 0 aliphatic heterocycles. The molecule has 0 spiro atoms. The van der Waals surface area contributed by atoms with Crippen molar-refractivity contribution in [2.45, 2.75) is 44.4 Å². The Morgan fingerprint density at radius 3 is 2.65 bits per heavy atom. The summed E-state index contributed by atoms with van der Waals surface area (Å²) in [6, 6.07) is 5.18. The Balaban J connectivity index is 1.99. The fourth-order valence-electron chi connectivity index (χ4n) is 2.42. The van der Waals surface area contributed by atoms with Gasteiger partial charge in [-0.3, -0.25) is 10.1 Å². The molecule has 0 saturated heterocycles. The van der Waals surface area contributed by atoms with E-state index in [1.54, 1.807) is 0 Å². The van der Waals surface area contributed by atoms with Crippen LogP contribution >= 0.6 is 0 Å². The van der Waals surface area contributed by atoms with Crippen LogP contribution in [-0.2, 0) is 4.74 Å². The van der Waals surface area contributed by atoms with Crippen molar-refractivity contribution < 1.29 is 18.8 Å². The van der Waals surface area contributed by atoms with E-state index in [0.717, 1.165) is 0 Å². The van der Waals surface area contributed by atoms with Gasteiger partial charge in [0, 0.05) is 18.6 Å². The molecule has 2 atom stereocenters. The molecule has 0 N–H and O–H groups in total. The highest BCUT2D eigenvalue weighted by Gasteiger charge is 2.34. The Hall–Kier alpha value is -1.98. The fourth-order valence-corrected chi connectivity index (χ4v) is 2.42. The molecule has 5 nitrogen and oxygen atoms in total. The van der Waals surface area contributed by atoms with Gasteiger partial charge in [-0.15, -0.1) is 0 Å². The fraction of sp³-hybridized carbons (Fsp3) is 0.500. The summed E-state index contributed by atoms with van der Waals surface area (Å²) in [5.74, 6) is -0.567. The number of hydrogen-bond donors (Lipinski definition) is 0. The summed E-state index contributed by atoms with van der Waals surface area (Å²) in [4.78, 5) is 21.9. The van der Waals surface area contributed by atoms with Gasteiger partial charge in [-0.1, -0.05) is 0 Å². The first kappa shape index (κ1) is 14.4. The normalized spacial score (nSPS) is 26.0. The van der Waals surface area contributed by atoms with Crippen LogP contribution < -0.4 is 0 Å². The van der Waals surface area contributed by atoms with Crippen molar-refractivity contribution in [3.8, 4) is 0 Å². The molecular formula is C14H16FNO4. The van der Waals surface area contributed by atoms with E-state index in [1.807, 2.05) is 0 Å². The van der Waals surface area contributed by atoms with E-state index in [0.29, 0.717) is 19.3 Å². The number of hydrogen-bond acceptors (Lipinski definition) is 4. The molecule has 0 radical (unpaired) electrons. The van der Waals surface area contributed by atoms with Gasteiger partial charge in [-0.2, -0.15) is 0 Å². The minimum absolute atomic E-state index is 0.0875. The first-order valence-electron chi connectivity index (χ1n) is 6.52. The summed E-state index contributed by atoms with van der Waals surface area (Å²) in [7, 11) is 0. The van der Waals surface area contributed by atoms with Crippen molar-refractivity contribution in [1.29, 1.82) is 0 Å². The predicted molar refractivity (Wildman–Crippen MR) is 70.3 cm³/mol. The molecule has 0 amide bonds. The van der Waals surface area contributed by atoms with E-state index in [2.05, 4.69) is 0 Å². The maximum absolute atomic E-state index is 13.8. The summed E-state index contributed by atoms with van der Waals surface area (Å²) in [5.41, 5.74) is -1.14. The third kappa shape index (κ3) is 3.53. The summed E-state index contributed by atoms with van der Waals surface area (Å²) in [5, 5.41) is 10.5. The molecule has 1 saturated carbocycles. The van der Waals surface area contributed by atoms with Gasteiger partial charge in [0.25, 0.3) is 5.69 Å². The van der Waals surface area contributed by atoms with Crippen molar-refractivity contribution in [2.24, 2.45) is 0 Å². The third-order valence-electron chi connectivity index (χ3n) is 3.46. The highest BCUT2D eigenvalue weighted by Crippen LogP contribution is 2.33. The number of alkyl halides is 1. The smallest absolute Gasteiger partial charge is 0.338 e. The second kappa shape index (κ2) is 5.56. The highest BCUT2D eigenvalue weighted by molar-refractivity contribution is 5.89. The van der Waals surface area contributed by atoms with Crippen LogP contribution in [0.4, 0.5) is 10.1 Å². The topological polar surface area (TPSA) is 69.4 Å². The molecule has 1 fully saturated rings. The standard InChI is InChI=1S/C14H16FNO4/c1-14(15)8-2-3-12(9-14)20-13(17)10-4-6-11(7-5-10)16(18)19/h4-7,12H,2-3,8-9H2,1H3/t12-,14-/m0/s1. The van der Waals surface area contributed by atoms with Gasteiger partial charge in [0.05, 0.1) is 10.5 Å².